The maximum atomic E-state index is 15.2. The van der Waals surface area contributed by atoms with E-state index in [1.54, 1.807) is 60.7 Å². The van der Waals surface area contributed by atoms with Gasteiger partial charge < -0.3 is 24.6 Å². The molecule has 1 aliphatic heterocycles. The number of H-pyrrole nitrogens is 1. The Kier molecular flexibility index (Phi) is 14.1. The minimum atomic E-state index is -1.01. The molecule has 1 aliphatic carbocycles. The lowest BCUT2D eigenvalue weighted by Gasteiger charge is -2.36. The third kappa shape index (κ3) is 10.2. The monoisotopic (exact) mass is 948 g/mol. The van der Waals surface area contributed by atoms with E-state index in [2.05, 4.69) is 15.5 Å². The number of rotatable bonds is 15. The van der Waals surface area contributed by atoms with Crippen molar-refractivity contribution in [1.29, 1.82) is 0 Å². The second-order valence-electron chi connectivity index (χ2n) is 17.0. The van der Waals surface area contributed by atoms with E-state index in [4.69, 9.17) is 9.47 Å². The van der Waals surface area contributed by atoms with Gasteiger partial charge in [0.25, 0.3) is 17.4 Å². The molecule has 2 N–H and O–H groups in total. The van der Waals surface area contributed by atoms with Gasteiger partial charge in [-0.25, -0.2) is 23.1 Å². The molecule has 356 valence electrons. The summed E-state index contributed by atoms with van der Waals surface area (Å²) < 4.78 is 56.9. The Balaban J connectivity index is 0.816. The van der Waals surface area contributed by atoms with E-state index < -0.39 is 46.8 Å². The van der Waals surface area contributed by atoms with Crippen LogP contribution >= 0.6 is 0 Å². The highest BCUT2D eigenvalue weighted by Gasteiger charge is 2.32. The van der Waals surface area contributed by atoms with Crippen LogP contribution in [0.25, 0.3) is 33.0 Å². The number of halogens is 3. The number of nitrogens with zero attached hydrogens (tertiary/aromatic N) is 4. The first-order valence-corrected chi connectivity index (χ1v) is 22.9. The molecule has 13 nitrogen and oxygen atoms in total. The van der Waals surface area contributed by atoms with Gasteiger partial charge in [-0.05, 0) is 69.3 Å². The van der Waals surface area contributed by atoms with Crippen molar-refractivity contribution >= 4 is 34.6 Å². The number of amides is 4. The Labute approximate surface area is 400 Å². The summed E-state index contributed by atoms with van der Waals surface area (Å²) in [6.07, 6.45) is -0.527. The molecule has 1 saturated heterocycles. The molecule has 0 radical (unpaired) electrons. The predicted octanol–water partition coefficient (Wildman–Crippen LogP) is 7.58. The highest BCUT2D eigenvalue weighted by Crippen LogP contribution is 2.44. The van der Waals surface area contributed by atoms with Crippen LogP contribution < -0.4 is 10.9 Å². The Hall–Kier alpha value is -8.11. The summed E-state index contributed by atoms with van der Waals surface area (Å²) in [5, 5.41) is 10.3. The molecule has 2 heterocycles. The summed E-state index contributed by atoms with van der Waals surface area (Å²) >= 11 is 0. The molecule has 9 rings (SSSR count). The van der Waals surface area contributed by atoms with Gasteiger partial charge in [-0.3, -0.25) is 24.1 Å². The van der Waals surface area contributed by atoms with Gasteiger partial charge in [0.1, 0.15) is 36.2 Å². The molecule has 1 fully saturated rings. The topological polar surface area (TPSA) is 154 Å². The van der Waals surface area contributed by atoms with Crippen LogP contribution in [0.15, 0.2) is 138 Å². The number of aromatic nitrogens is 2. The quantitative estimate of drug-likeness (QED) is 0.0999. The number of nitrogens with one attached hydrogen (secondary N) is 2. The van der Waals surface area contributed by atoms with E-state index >= 15 is 4.39 Å². The van der Waals surface area contributed by atoms with E-state index in [0.717, 1.165) is 34.4 Å². The highest BCUT2D eigenvalue weighted by atomic mass is 19.1. The molecule has 6 aromatic carbocycles. The van der Waals surface area contributed by atoms with Gasteiger partial charge in [0.05, 0.1) is 29.9 Å². The number of carbonyl (C=O) groups is 4. The average molecular weight is 949 g/mol. The standard InChI is InChI=1S/C54H47F3N6O7/c55-45-19-18-34(29-48-41-16-8-9-17-42(41)51(65)60-59-48)28-43(45)53(67)62-23-21-61(22-24-62)49(64)32-63(54(68)70-33-44-39-14-6-4-12-37(39)38-13-5-7-15-40(38)44)25-27-69-26-20-58-52(66)50-46(56)30-36(31-47(50)57)35-10-2-1-3-11-35/h1-19,28,30-31,44H,20-27,29,32-33H2,(H,58,66)(H,60,65). The average Bonchev–Trinajstić information content (AvgIpc) is 3.70. The summed E-state index contributed by atoms with van der Waals surface area (Å²) in [5.41, 5.74) is 4.98. The first-order valence-electron chi connectivity index (χ1n) is 22.9. The fourth-order valence-corrected chi connectivity index (χ4v) is 9.05. The fraction of sp³-hybridized carbons (Fsp3) is 0.222. The normalized spacial score (nSPS) is 13.2. The van der Waals surface area contributed by atoms with Gasteiger partial charge >= 0.3 is 6.09 Å². The summed E-state index contributed by atoms with van der Waals surface area (Å²) in [7, 11) is 0. The van der Waals surface area contributed by atoms with Crippen LogP contribution in [-0.2, 0) is 20.7 Å². The van der Waals surface area contributed by atoms with Crippen LogP contribution in [-0.4, -0.2) is 114 Å². The van der Waals surface area contributed by atoms with Crippen molar-refractivity contribution in [2.45, 2.75) is 12.3 Å². The maximum Gasteiger partial charge on any atom is 0.410 e. The number of hydrogen-bond donors (Lipinski definition) is 2. The van der Waals surface area contributed by atoms with Crippen LogP contribution in [0.5, 0.6) is 0 Å². The Morgan fingerprint density at radius 1 is 0.700 bits per heavy atom. The third-order valence-electron chi connectivity index (χ3n) is 12.7. The van der Waals surface area contributed by atoms with Crippen molar-refractivity contribution in [2.24, 2.45) is 0 Å². The molecule has 0 atom stereocenters. The van der Waals surface area contributed by atoms with Gasteiger partial charge in [0.15, 0.2) is 0 Å². The number of ether oxygens (including phenoxy) is 2. The number of hydrogen-bond acceptors (Lipinski definition) is 8. The van der Waals surface area contributed by atoms with Crippen molar-refractivity contribution < 1.29 is 41.8 Å². The Bertz CT molecular complexity index is 3090. The van der Waals surface area contributed by atoms with E-state index in [1.165, 1.54) is 26.8 Å². The van der Waals surface area contributed by atoms with Gasteiger partial charge in [-0.1, -0.05) is 103 Å². The van der Waals surface area contributed by atoms with Gasteiger partial charge in [-0.2, -0.15) is 5.10 Å². The number of benzene rings is 6. The first-order chi connectivity index (χ1) is 34.0. The van der Waals surface area contributed by atoms with Crippen LogP contribution in [0, 0.1) is 17.5 Å². The van der Waals surface area contributed by atoms with Crippen LogP contribution in [0.3, 0.4) is 0 Å². The molecule has 1 aromatic heterocycles. The maximum absolute atomic E-state index is 15.2. The Morgan fingerprint density at radius 3 is 2.03 bits per heavy atom. The highest BCUT2D eigenvalue weighted by molar-refractivity contribution is 5.96. The fourth-order valence-electron chi connectivity index (χ4n) is 9.05. The van der Waals surface area contributed by atoms with Crippen molar-refractivity contribution in [3.8, 4) is 22.3 Å². The zero-order chi connectivity index (χ0) is 48.7. The minimum absolute atomic E-state index is 0.000397. The van der Waals surface area contributed by atoms with Crippen molar-refractivity contribution in [3.05, 3.63) is 195 Å². The van der Waals surface area contributed by atoms with E-state index in [-0.39, 0.29) is 94.7 Å². The van der Waals surface area contributed by atoms with Crippen LogP contribution in [0.1, 0.15) is 49.0 Å². The molecule has 0 saturated carbocycles. The molecule has 0 spiro atoms. The van der Waals surface area contributed by atoms with Crippen molar-refractivity contribution in [2.75, 3.05) is 65.6 Å². The van der Waals surface area contributed by atoms with Gasteiger partial charge in [0.2, 0.25) is 5.91 Å². The largest absolute Gasteiger partial charge is 0.448 e. The lowest BCUT2D eigenvalue weighted by Crippen LogP contribution is -2.53. The second-order valence-corrected chi connectivity index (χ2v) is 17.0. The van der Waals surface area contributed by atoms with Gasteiger partial charge in [-0.15, -0.1) is 0 Å². The zero-order valence-electron chi connectivity index (χ0n) is 37.8. The van der Waals surface area contributed by atoms with Crippen LogP contribution in [0.2, 0.25) is 0 Å². The molecule has 70 heavy (non-hydrogen) atoms. The predicted molar refractivity (Wildman–Crippen MR) is 256 cm³/mol. The zero-order valence-corrected chi connectivity index (χ0v) is 37.8. The minimum Gasteiger partial charge on any atom is -0.448 e. The lowest BCUT2D eigenvalue weighted by atomic mass is 9.98. The molecule has 16 heteroatoms. The molecule has 4 amide bonds. The smallest absolute Gasteiger partial charge is 0.410 e. The number of aromatic amines is 1. The lowest BCUT2D eigenvalue weighted by molar-refractivity contribution is -0.133. The Morgan fingerprint density at radius 2 is 1.33 bits per heavy atom. The van der Waals surface area contributed by atoms with Crippen molar-refractivity contribution in [3.63, 3.8) is 0 Å². The molecule has 2 aliphatic rings. The number of carbonyl (C=O) groups excluding carboxylic acids is 4. The van der Waals surface area contributed by atoms with E-state index in [9.17, 15) is 32.8 Å². The molecule has 0 unspecified atom stereocenters. The summed E-state index contributed by atoms with van der Waals surface area (Å²) in [5.74, 6) is -4.89. The van der Waals surface area contributed by atoms with E-state index in [0.29, 0.717) is 27.6 Å². The SMILES string of the molecule is O=C(NCCOCCN(CC(=O)N1CCN(C(=O)c2cc(Cc3n[nH]c(=O)c4ccccc34)ccc2F)CC1)C(=O)OCC1c2ccccc2-c2ccccc21)c1c(F)cc(-c2ccccc2)cc1F. The summed E-state index contributed by atoms with van der Waals surface area (Å²) in [4.78, 5) is 70.8. The number of fused-ring (bicyclic) bond motifs is 4. The number of piperazine rings is 1. The molecular weight excluding hydrogens is 902 g/mol. The molecule has 7 aromatic rings. The molecular formula is C54H47F3N6O7. The van der Waals surface area contributed by atoms with Gasteiger partial charge in [0, 0.05) is 57.0 Å². The molecule has 0 bridgehead atoms. The first kappa shape index (κ1) is 47.0. The second kappa shape index (κ2) is 21.0. The summed E-state index contributed by atoms with van der Waals surface area (Å²) in [6, 6.07) is 37.9. The van der Waals surface area contributed by atoms with Crippen molar-refractivity contribution in [1.82, 2.24) is 30.2 Å². The third-order valence-corrected chi connectivity index (χ3v) is 12.7. The van der Waals surface area contributed by atoms with E-state index in [1.807, 2.05) is 48.5 Å². The van der Waals surface area contributed by atoms with Crippen LogP contribution in [0.4, 0.5) is 18.0 Å². The summed E-state index contributed by atoms with van der Waals surface area (Å²) in [6.45, 7) is -0.300.